The fourth-order valence-electron chi connectivity index (χ4n) is 2.49. The first-order chi connectivity index (χ1) is 10.0. The molecule has 0 heterocycles. The van der Waals surface area contributed by atoms with Gasteiger partial charge in [0.1, 0.15) is 0 Å². The van der Waals surface area contributed by atoms with E-state index >= 15 is 0 Å². The number of rotatable bonds is 6. The Morgan fingerprint density at radius 2 is 1.86 bits per heavy atom. The van der Waals surface area contributed by atoms with E-state index < -0.39 is 6.03 Å². The van der Waals surface area contributed by atoms with Gasteiger partial charge in [-0.1, -0.05) is 0 Å². The van der Waals surface area contributed by atoms with Crippen molar-refractivity contribution < 1.29 is 24.2 Å². The first-order valence-electron chi connectivity index (χ1n) is 6.57. The molecule has 0 bridgehead atoms. The van der Waals surface area contributed by atoms with Gasteiger partial charge in [0, 0.05) is 0 Å². The molecule has 3 N–H and O–H groups in total. The van der Waals surface area contributed by atoms with Crippen molar-refractivity contribution in [2.24, 2.45) is 11.7 Å². The minimum Gasteiger partial charge on any atom is -0.493 e. The Balaban J connectivity index is 2.17. The molecule has 2 unspecified atom stereocenters. The Morgan fingerprint density at radius 1 is 1.29 bits per heavy atom. The van der Waals surface area contributed by atoms with Crippen molar-refractivity contribution >= 4 is 6.03 Å². The third-order valence-corrected chi connectivity index (χ3v) is 3.70. The monoisotopic (exact) mass is 296 g/mol. The van der Waals surface area contributed by atoms with Crippen molar-refractivity contribution in [2.75, 3.05) is 27.9 Å². The average molecular weight is 296 g/mol. The molecule has 0 radical (unpaired) electrons. The van der Waals surface area contributed by atoms with Crippen molar-refractivity contribution in [1.82, 2.24) is 5.06 Å². The molecular weight excluding hydrogens is 276 g/mol. The minimum absolute atomic E-state index is 0.172. The van der Waals surface area contributed by atoms with Gasteiger partial charge in [-0.3, -0.25) is 5.21 Å². The Morgan fingerprint density at radius 3 is 2.29 bits per heavy atom. The zero-order valence-electron chi connectivity index (χ0n) is 12.3. The minimum atomic E-state index is -0.842. The van der Waals surface area contributed by atoms with Crippen molar-refractivity contribution in [3.05, 3.63) is 17.7 Å². The summed E-state index contributed by atoms with van der Waals surface area (Å²) >= 11 is 0. The molecule has 2 amide bonds. The topological polar surface area (TPSA) is 94.2 Å². The number of ether oxygens (including phenoxy) is 3. The quantitative estimate of drug-likeness (QED) is 0.614. The molecule has 1 aromatic rings. The maximum Gasteiger partial charge on any atom is 0.338 e. The number of urea groups is 1. The number of hydrogen-bond donors (Lipinski definition) is 2. The van der Waals surface area contributed by atoms with Crippen LogP contribution >= 0.6 is 0 Å². The smallest absolute Gasteiger partial charge is 0.338 e. The summed E-state index contributed by atoms with van der Waals surface area (Å²) in [5, 5.41) is 9.92. The van der Waals surface area contributed by atoms with Gasteiger partial charge < -0.3 is 19.9 Å². The van der Waals surface area contributed by atoms with Crippen LogP contribution in [0.25, 0.3) is 0 Å². The molecule has 2 atom stereocenters. The van der Waals surface area contributed by atoms with Gasteiger partial charge in [0.2, 0.25) is 5.75 Å². The molecule has 21 heavy (non-hydrogen) atoms. The molecule has 0 saturated heterocycles. The van der Waals surface area contributed by atoms with Crippen LogP contribution in [0, 0.1) is 5.92 Å². The Hall–Kier alpha value is -2.15. The number of amides is 2. The van der Waals surface area contributed by atoms with Crippen LogP contribution < -0.4 is 19.9 Å². The highest BCUT2D eigenvalue weighted by atomic mass is 16.5. The average Bonchev–Trinajstić information content (AvgIpc) is 3.24. The largest absolute Gasteiger partial charge is 0.493 e. The highest BCUT2D eigenvalue weighted by molar-refractivity contribution is 5.70. The number of primary amides is 1. The van der Waals surface area contributed by atoms with Gasteiger partial charge in [-0.15, -0.1) is 0 Å². The second-order valence-electron chi connectivity index (χ2n) is 4.98. The predicted molar refractivity (Wildman–Crippen MR) is 75.0 cm³/mol. The molecule has 0 aromatic heterocycles. The summed E-state index contributed by atoms with van der Waals surface area (Å²) in [5.74, 6) is 2.13. The van der Waals surface area contributed by atoms with Crippen LogP contribution in [-0.4, -0.2) is 44.2 Å². The fraction of sp³-hybridized carbons (Fsp3) is 0.500. The third-order valence-electron chi connectivity index (χ3n) is 3.70. The van der Waals surface area contributed by atoms with Crippen molar-refractivity contribution in [2.45, 2.75) is 12.3 Å². The van der Waals surface area contributed by atoms with Crippen LogP contribution in [0.1, 0.15) is 17.9 Å². The van der Waals surface area contributed by atoms with E-state index in [-0.39, 0.29) is 18.4 Å². The molecule has 1 fully saturated rings. The maximum absolute atomic E-state index is 10.8. The molecule has 1 aromatic carbocycles. The molecular formula is C14H20N2O5. The molecule has 116 valence electrons. The normalized spacial score (nSPS) is 19.8. The standard InChI is InChI=1S/C14H20N2O5/c1-19-11-5-8(6-12(20-2)13(11)21-3)10-4-9(10)7-16(18)14(15)17/h5-6,9-10,18H,4,7H2,1-3H3,(H2,15,17). The number of nitrogens with two attached hydrogens (primary N) is 1. The van der Waals surface area contributed by atoms with Crippen molar-refractivity contribution in [3.8, 4) is 17.2 Å². The highest BCUT2D eigenvalue weighted by Crippen LogP contribution is 2.51. The van der Waals surface area contributed by atoms with Gasteiger partial charge >= 0.3 is 6.03 Å². The zero-order valence-corrected chi connectivity index (χ0v) is 12.3. The van der Waals surface area contributed by atoms with E-state index in [1.54, 1.807) is 21.3 Å². The number of benzene rings is 1. The second-order valence-corrected chi connectivity index (χ2v) is 4.98. The molecule has 0 aliphatic heterocycles. The first-order valence-corrected chi connectivity index (χ1v) is 6.57. The summed E-state index contributed by atoms with van der Waals surface area (Å²) < 4.78 is 15.9. The lowest BCUT2D eigenvalue weighted by Crippen LogP contribution is -2.34. The van der Waals surface area contributed by atoms with Crippen molar-refractivity contribution in [1.29, 1.82) is 0 Å². The van der Waals surface area contributed by atoms with Crippen LogP contribution in [-0.2, 0) is 0 Å². The fourth-order valence-corrected chi connectivity index (χ4v) is 2.49. The van der Waals surface area contributed by atoms with Crippen LogP contribution in [0.5, 0.6) is 17.2 Å². The summed E-state index contributed by atoms with van der Waals surface area (Å²) in [6, 6.07) is 2.93. The van der Waals surface area contributed by atoms with E-state index in [1.807, 2.05) is 12.1 Å². The lowest BCUT2D eigenvalue weighted by molar-refractivity contribution is -0.0431. The van der Waals surface area contributed by atoms with E-state index in [4.69, 9.17) is 19.9 Å². The maximum atomic E-state index is 10.8. The number of methoxy groups -OCH3 is 3. The lowest BCUT2D eigenvalue weighted by atomic mass is 10.1. The van der Waals surface area contributed by atoms with Gasteiger partial charge in [-0.2, -0.15) is 0 Å². The van der Waals surface area contributed by atoms with Crippen LogP contribution in [0.4, 0.5) is 4.79 Å². The number of hydrogen-bond acceptors (Lipinski definition) is 5. The van der Waals surface area contributed by atoms with Crippen LogP contribution in [0.3, 0.4) is 0 Å². The Labute approximate surface area is 123 Å². The van der Waals surface area contributed by atoms with Crippen molar-refractivity contribution in [3.63, 3.8) is 0 Å². The third kappa shape index (κ3) is 3.13. The Bertz CT molecular complexity index is 509. The summed E-state index contributed by atoms with van der Waals surface area (Å²) in [5.41, 5.74) is 6.03. The summed E-state index contributed by atoms with van der Waals surface area (Å²) in [4.78, 5) is 10.8. The van der Waals surface area contributed by atoms with E-state index in [0.29, 0.717) is 22.3 Å². The molecule has 1 aliphatic rings. The first kappa shape index (κ1) is 15.2. The lowest BCUT2D eigenvalue weighted by Gasteiger charge is -2.15. The summed E-state index contributed by atoms with van der Waals surface area (Å²) in [6.07, 6.45) is 0.864. The zero-order chi connectivity index (χ0) is 15.6. The van der Waals surface area contributed by atoms with E-state index in [2.05, 4.69) is 0 Å². The summed E-state index contributed by atoms with van der Waals surface area (Å²) in [7, 11) is 4.68. The number of carbonyl (C=O) groups excluding carboxylic acids is 1. The molecule has 2 rings (SSSR count). The number of carbonyl (C=O) groups is 1. The molecule has 1 aliphatic carbocycles. The SMILES string of the molecule is COc1cc(C2CC2CN(O)C(N)=O)cc(OC)c1OC. The van der Waals surface area contributed by atoms with E-state index in [1.165, 1.54) is 0 Å². The van der Waals surface area contributed by atoms with Gasteiger partial charge in [-0.05, 0) is 36.0 Å². The Kier molecular flexibility index (Phi) is 4.42. The van der Waals surface area contributed by atoms with Crippen LogP contribution in [0.2, 0.25) is 0 Å². The summed E-state index contributed by atoms with van der Waals surface area (Å²) in [6.45, 7) is 0.219. The van der Waals surface area contributed by atoms with Crippen LogP contribution in [0.15, 0.2) is 12.1 Å². The van der Waals surface area contributed by atoms with E-state index in [0.717, 1.165) is 12.0 Å². The number of nitrogens with zero attached hydrogens (tertiary/aromatic N) is 1. The predicted octanol–water partition coefficient (Wildman–Crippen LogP) is 1.59. The van der Waals surface area contributed by atoms with Gasteiger partial charge in [0.15, 0.2) is 11.5 Å². The second kappa shape index (κ2) is 6.09. The number of hydroxylamine groups is 2. The molecule has 0 spiro atoms. The molecule has 7 nitrogen and oxygen atoms in total. The molecule has 7 heteroatoms. The van der Waals surface area contributed by atoms with Gasteiger partial charge in [0.25, 0.3) is 0 Å². The van der Waals surface area contributed by atoms with Gasteiger partial charge in [-0.25, -0.2) is 9.86 Å². The van der Waals surface area contributed by atoms with E-state index in [9.17, 15) is 10.0 Å². The van der Waals surface area contributed by atoms with Gasteiger partial charge in [0.05, 0.1) is 27.9 Å². The highest BCUT2D eigenvalue weighted by Gasteiger charge is 2.40. The molecule has 1 saturated carbocycles.